The van der Waals surface area contributed by atoms with Gasteiger partial charge in [0.25, 0.3) is 0 Å². The van der Waals surface area contributed by atoms with Crippen molar-refractivity contribution in [3.8, 4) is 0 Å². The van der Waals surface area contributed by atoms with E-state index in [4.69, 9.17) is 28.4 Å². The quantitative estimate of drug-likeness (QED) is 0.0172. The maximum Gasteiger partial charge on any atom is 0.306 e. The molecule has 2 fully saturated rings. The van der Waals surface area contributed by atoms with Crippen LogP contribution < -0.4 is 0 Å². The first-order chi connectivity index (χ1) is 35.6. The van der Waals surface area contributed by atoms with E-state index >= 15 is 0 Å². The van der Waals surface area contributed by atoms with Crippen molar-refractivity contribution in [1.29, 1.82) is 0 Å². The van der Waals surface area contributed by atoms with Crippen molar-refractivity contribution in [3.05, 3.63) is 48.6 Å². The standard InChI is InChI=1S/C59H106O14/c1-3-5-7-9-11-13-15-17-19-20-21-22-23-24-25-26-27-28-29-30-32-34-36-38-40-42-51(61)71-48(45-68-43-41-39-37-35-33-31-18-16-14-12-10-8-6-4-2)46-69-58-57(67)55(65)53(63)50(73-58)47-70-59-56(66)54(64)52(62)49(44-60)72-59/h6,8,12,14,18,31,35,37,48-50,52-60,62-67H,3-5,7,9-11,13,15-17,19-30,32-34,36,38-47H2,1-2H3/b8-6-,14-12-,31-18-,37-35-. The van der Waals surface area contributed by atoms with Crippen LogP contribution in [0.1, 0.15) is 219 Å². The fourth-order valence-corrected chi connectivity index (χ4v) is 9.17. The Hall–Kier alpha value is -2.05. The summed E-state index contributed by atoms with van der Waals surface area (Å²) < 4.78 is 34.3. The zero-order chi connectivity index (χ0) is 53.0. The van der Waals surface area contributed by atoms with Crippen LogP contribution >= 0.6 is 0 Å². The van der Waals surface area contributed by atoms with Crippen LogP contribution in [-0.4, -0.2) is 142 Å². The molecule has 11 unspecified atom stereocenters. The summed E-state index contributed by atoms with van der Waals surface area (Å²) in [5.74, 6) is -0.391. The minimum Gasteiger partial charge on any atom is -0.457 e. The summed E-state index contributed by atoms with van der Waals surface area (Å²) in [4.78, 5) is 13.1. The van der Waals surface area contributed by atoms with Gasteiger partial charge in [0.05, 0.1) is 26.4 Å². The van der Waals surface area contributed by atoms with E-state index in [1.165, 1.54) is 135 Å². The molecule has 2 rings (SSSR count). The van der Waals surface area contributed by atoms with E-state index in [9.17, 15) is 40.5 Å². The number of hydrogen-bond donors (Lipinski definition) is 7. The van der Waals surface area contributed by atoms with Crippen molar-refractivity contribution in [2.45, 2.75) is 287 Å². The van der Waals surface area contributed by atoms with Crippen LogP contribution in [-0.2, 0) is 33.2 Å². The van der Waals surface area contributed by atoms with Gasteiger partial charge in [0.1, 0.15) is 54.9 Å². The first-order valence-corrected chi connectivity index (χ1v) is 29.2. The molecule has 14 heteroatoms. The number of esters is 1. The molecule has 14 nitrogen and oxygen atoms in total. The van der Waals surface area contributed by atoms with E-state index in [2.05, 4.69) is 62.5 Å². The van der Waals surface area contributed by atoms with Gasteiger partial charge in [-0.2, -0.15) is 0 Å². The maximum atomic E-state index is 13.1. The van der Waals surface area contributed by atoms with Crippen LogP contribution in [0.5, 0.6) is 0 Å². The molecule has 426 valence electrons. The van der Waals surface area contributed by atoms with Gasteiger partial charge in [-0.15, -0.1) is 0 Å². The predicted molar refractivity (Wildman–Crippen MR) is 289 cm³/mol. The van der Waals surface area contributed by atoms with E-state index < -0.39 is 86.7 Å². The van der Waals surface area contributed by atoms with Crippen molar-refractivity contribution in [2.24, 2.45) is 0 Å². The zero-order valence-electron chi connectivity index (χ0n) is 45.6. The molecule has 2 heterocycles. The second-order valence-corrected chi connectivity index (χ2v) is 20.4. The molecular weight excluding hydrogens is 933 g/mol. The molecule has 0 bridgehead atoms. The van der Waals surface area contributed by atoms with E-state index in [1.807, 2.05) is 0 Å². The summed E-state index contributed by atoms with van der Waals surface area (Å²) >= 11 is 0. The molecular formula is C59H106O14. The van der Waals surface area contributed by atoms with Crippen LogP contribution in [0.3, 0.4) is 0 Å². The minimum absolute atomic E-state index is 0.0249. The Bertz CT molecular complexity index is 1390. The number of carbonyl (C=O) groups excluding carboxylic acids is 1. The Morgan fingerprint density at radius 3 is 1.34 bits per heavy atom. The number of carbonyl (C=O) groups is 1. The lowest BCUT2D eigenvalue weighted by atomic mass is 9.98. The fraction of sp³-hybridized carbons (Fsp3) is 0.847. The highest BCUT2D eigenvalue weighted by Gasteiger charge is 2.47. The molecule has 11 atom stereocenters. The molecule has 0 radical (unpaired) electrons. The summed E-state index contributed by atoms with van der Waals surface area (Å²) in [7, 11) is 0. The smallest absolute Gasteiger partial charge is 0.306 e. The lowest BCUT2D eigenvalue weighted by molar-refractivity contribution is -0.332. The number of allylic oxidation sites excluding steroid dienone is 8. The molecule has 0 aromatic heterocycles. The number of rotatable bonds is 47. The highest BCUT2D eigenvalue weighted by Crippen LogP contribution is 2.27. The average molecular weight is 1040 g/mol. The van der Waals surface area contributed by atoms with Crippen molar-refractivity contribution in [3.63, 3.8) is 0 Å². The number of unbranched alkanes of at least 4 members (excludes halogenated alkanes) is 25. The van der Waals surface area contributed by atoms with Crippen LogP contribution in [0.15, 0.2) is 48.6 Å². The summed E-state index contributed by atoms with van der Waals surface area (Å²) in [5.41, 5.74) is 0. The Balaban J connectivity index is 1.69. The average Bonchev–Trinajstić information content (AvgIpc) is 3.39. The maximum absolute atomic E-state index is 13.1. The lowest BCUT2D eigenvalue weighted by Gasteiger charge is -2.42. The first kappa shape index (κ1) is 67.1. The molecule has 2 aliphatic rings. The van der Waals surface area contributed by atoms with Crippen LogP contribution in [0.2, 0.25) is 0 Å². The highest BCUT2D eigenvalue weighted by molar-refractivity contribution is 5.69. The highest BCUT2D eigenvalue weighted by atomic mass is 16.7. The molecule has 7 N–H and O–H groups in total. The zero-order valence-corrected chi connectivity index (χ0v) is 45.6. The number of hydrogen-bond acceptors (Lipinski definition) is 14. The molecule has 0 aromatic carbocycles. The molecule has 0 aliphatic carbocycles. The molecule has 73 heavy (non-hydrogen) atoms. The Labute approximate surface area is 442 Å². The Morgan fingerprint density at radius 2 is 0.877 bits per heavy atom. The van der Waals surface area contributed by atoms with E-state index in [-0.39, 0.29) is 19.6 Å². The van der Waals surface area contributed by atoms with Crippen LogP contribution in [0.25, 0.3) is 0 Å². The van der Waals surface area contributed by atoms with Gasteiger partial charge >= 0.3 is 5.97 Å². The van der Waals surface area contributed by atoms with Gasteiger partial charge in [-0.3, -0.25) is 4.79 Å². The second kappa shape index (κ2) is 46.1. The van der Waals surface area contributed by atoms with Gasteiger partial charge < -0.3 is 64.2 Å². The van der Waals surface area contributed by atoms with Gasteiger partial charge in [-0.05, 0) is 44.9 Å². The molecule has 0 aromatic rings. The molecule has 2 saturated heterocycles. The van der Waals surface area contributed by atoms with Gasteiger partial charge in [0, 0.05) is 13.0 Å². The fourth-order valence-electron chi connectivity index (χ4n) is 9.17. The number of ether oxygens (including phenoxy) is 6. The summed E-state index contributed by atoms with van der Waals surface area (Å²) in [5, 5.41) is 72.3. The van der Waals surface area contributed by atoms with Gasteiger partial charge in [-0.25, -0.2) is 0 Å². The van der Waals surface area contributed by atoms with Gasteiger partial charge in [0.2, 0.25) is 0 Å². The van der Waals surface area contributed by atoms with Crippen molar-refractivity contribution in [2.75, 3.05) is 33.0 Å². The van der Waals surface area contributed by atoms with Crippen molar-refractivity contribution < 1.29 is 69.0 Å². The summed E-state index contributed by atoms with van der Waals surface area (Å²) in [6.45, 7) is 3.45. The molecule has 0 amide bonds. The van der Waals surface area contributed by atoms with Crippen LogP contribution in [0.4, 0.5) is 0 Å². The topological polar surface area (TPSA) is 214 Å². The SMILES string of the molecule is CC/C=C\C/C=C\C/C=C\C/C=C\CCCOCC(COC1OC(COC2OC(CO)C(O)C(O)C2O)C(O)C(O)C1O)OC(=O)CCCCCCCCCCCCCCCCCCCCCCCCCCC. The van der Waals surface area contributed by atoms with Gasteiger partial charge in [0.15, 0.2) is 12.6 Å². The lowest BCUT2D eigenvalue weighted by Crippen LogP contribution is -2.61. The second-order valence-electron chi connectivity index (χ2n) is 20.4. The number of aliphatic hydroxyl groups excluding tert-OH is 7. The van der Waals surface area contributed by atoms with Crippen molar-refractivity contribution in [1.82, 2.24) is 0 Å². The van der Waals surface area contributed by atoms with Crippen molar-refractivity contribution >= 4 is 5.97 Å². The van der Waals surface area contributed by atoms with Gasteiger partial charge in [-0.1, -0.05) is 217 Å². The number of aliphatic hydroxyl groups is 7. The van der Waals surface area contributed by atoms with Crippen LogP contribution in [0, 0.1) is 0 Å². The summed E-state index contributed by atoms with van der Waals surface area (Å²) in [6.07, 6.45) is 39.2. The largest absolute Gasteiger partial charge is 0.457 e. The van der Waals surface area contributed by atoms with E-state index in [1.54, 1.807) is 0 Å². The third-order valence-electron chi connectivity index (χ3n) is 13.9. The monoisotopic (exact) mass is 1040 g/mol. The van der Waals surface area contributed by atoms with E-state index in [0.29, 0.717) is 13.0 Å². The normalized spacial score (nSPS) is 25.3. The predicted octanol–water partition coefficient (Wildman–Crippen LogP) is 10.3. The Morgan fingerprint density at radius 1 is 0.466 bits per heavy atom. The third kappa shape index (κ3) is 33.0. The summed E-state index contributed by atoms with van der Waals surface area (Å²) in [6, 6.07) is 0. The first-order valence-electron chi connectivity index (χ1n) is 29.2. The molecule has 0 spiro atoms. The minimum atomic E-state index is -1.72. The van der Waals surface area contributed by atoms with E-state index in [0.717, 1.165) is 57.8 Å². The molecule has 2 aliphatic heterocycles. The molecule has 0 saturated carbocycles. The third-order valence-corrected chi connectivity index (χ3v) is 13.9. The Kier molecular flexibility index (Phi) is 42.3.